The minimum atomic E-state index is 0.646. The average molecular weight is 909 g/mol. The lowest BCUT2D eigenvalue weighted by Crippen LogP contribution is -2.03. The molecule has 14 aromatic rings. The van der Waals surface area contributed by atoms with E-state index in [0.717, 1.165) is 78.0 Å². The van der Waals surface area contributed by atoms with Crippen LogP contribution in [-0.2, 0) is 0 Å². The van der Waals surface area contributed by atoms with Crippen LogP contribution in [0, 0.1) is 13.8 Å². The maximum atomic E-state index is 6.76. The third-order valence-corrected chi connectivity index (χ3v) is 14.3. The molecule has 0 fully saturated rings. The van der Waals surface area contributed by atoms with Crippen LogP contribution in [0.25, 0.3) is 133 Å². The predicted molar refractivity (Wildman–Crippen MR) is 295 cm³/mol. The van der Waals surface area contributed by atoms with Crippen LogP contribution in [0.4, 0.5) is 0 Å². The summed E-state index contributed by atoms with van der Waals surface area (Å²) < 4.78 is 11.7. The third-order valence-electron chi connectivity index (χ3n) is 14.3. The maximum absolute atomic E-state index is 6.76. The Morgan fingerprint density at radius 2 is 0.915 bits per heavy atom. The molecule has 0 aliphatic heterocycles. The molecular formula is C66H44N4O. The summed E-state index contributed by atoms with van der Waals surface area (Å²) in [5.41, 5.74) is 20.8. The third kappa shape index (κ3) is 6.54. The molecule has 0 amide bonds. The van der Waals surface area contributed by atoms with E-state index in [9.17, 15) is 0 Å². The first-order valence-electron chi connectivity index (χ1n) is 24.2. The molecule has 0 saturated heterocycles. The van der Waals surface area contributed by atoms with Gasteiger partial charge < -0.3 is 13.6 Å². The molecule has 5 nitrogen and oxygen atoms in total. The van der Waals surface area contributed by atoms with Gasteiger partial charge in [0, 0.05) is 54.9 Å². The molecule has 4 aromatic heterocycles. The molecule has 334 valence electrons. The molecule has 0 N–H and O–H groups in total. The van der Waals surface area contributed by atoms with Crippen LogP contribution >= 0.6 is 0 Å². The molecule has 0 spiro atoms. The summed E-state index contributed by atoms with van der Waals surface area (Å²) in [5, 5.41) is 5.77. The van der Waals surface area contributed by atoms with Crippen molar-refractivity contribution in [1.82, 2.24) is 19.1 Å². The van der Waals surface area contributed by atoms with E-state index in [2.05, 4.69) is 217 Å². The van der Waals surface area contributed by atoms with Gasteiger partial charge in [-0.1, -0.05) is 169 Å². The molecule has 0 aliphatic carbocycles. The van der Waals surface area contributed by atoms with Crippen LogP contribution in [0.3, 0.4) is 0 Å². The number of benzene rings is 10. The Labute approximate surface area is 410 Å². The molecule has 71 heavy (non-hydrogen) atoms. The Bertz CT molecular complexity index is 4300. The first-order valence-corrected chi connectivity index (χ1v) is 24.2. The minimum Gasteiger partial charge on any atom is -0.452 e. The molecule has 0 bridgehead atoms. The van der Waals surface area contributed by atoms with Gasteiger partial charge in [-0.15, -0.1) is 0 Å². The van der Waals surface area contributed by atoms with Gasteiger partial charge in [-0.3, -0.25) is 0 Å². The molecule has 0 saturated carbocycles. The van der Waals surface area contributed by atoms with Crippen molar-refractivity contribution in [3.8, 4) is 67.4 Å². The second-order valence-corrected chi connectivity index (χ2v) is 18.6. The van der Waals surface area contributed by atoms with Gasteiger partial charge in [-0.25, -0.2) is 9.97 Å². The van der Waals surface area contributed by atoms with Crippen molar-refractivity contribution in [1.29, 1.82) is 0 Å². The van der Waals surface area contributed by atoms with Crippen LogP contribution < -0.4 is 0 Å². The number of fused-ring (bicyclic) bond motifs is 9. The minimum absolute atomic E-state index is 0.646. The first-order chi connectivity index (χ1) is 35.0. The second-order valence-electron chi connectivity index (χ2n) is 18.6. The molecule has 0 atom stereocenters. The van der Waals surface area contributed by atoms with Gasteiger partial charge >= 0.3 is 0 Å². The number of para-hydroxylation sites is 3. The predicted octanol–water partition coefficient (Wildman–Crippen LogP) is 17.5. The highest BCUT2D eigenvalue weighted by Crippen LogP contribution is 2.47. The number of aryl methyl sites for hydroxylation is 2. The Morgan fingerprint density at radius 1 is 0.366 bits per heavy atom. The summed E-state index contributed by atoms with van der Waals surface area (Å²) in [5.74, 6) is 0.646. The van der Waals surface area contributed by atoms with E-state index in [1.165, 1.54) is 54.8 Å². The van der Waals surface area contributed by atoms with Crippen LogP contribution in [0.1, 0.15) is 11.1 Å². The smallest absolute Gasteiger partial charge is 0.180 e. The number of furan rings is 1. The van der Waals surface area contributed by atoms with Crippen LogP contribution in [-0.4, -0.2) is 19.1 Å². The SMILES string of the molecule is Cc1ccc(-c2ccc3c(c2)c2cc(-n4c5ccccc5c5ccccc54)ccc2n3-c2c(-c3ccccc3)cc(-c3nc(-c4ccccc4)nc4c3oc3ccccc34)cc2-c2ccccc2)c(C)c1. The number of aromatic nitrogens is 4. The summed E-state index contributed by atoms with van der Waals surface area (Å²) in [6, 6.07) is 82.9. The molecule has 0 unspecified atom stereocenters. The van der Waals surface area contributed by atoms with E-state index >= 15 is 0 Å². The highest BCUT2D eigenvalue weighted by molar-refractivity contribution is 6.15. The Hall–Kier alpha value is -9.32. The molecule has 14 rings (SSSR count). The van der Waals surface area contributed by atoms with Crippen LogP contribution in [0.2, 0.25) is 0 Å². The standard InChI is InChI=1S/C66H44N4O/c1-41-30-33-49(42(2)36-41)46-31-34-59-55(37-46)56-40-48(69-57-27-15-12-24-50(57)51-25-13-16-28-58(51)69)32-35-60(56)70(59)64-53(43-18-6-3-7-19-43)38-47(39-54(64)44-20-8-4-9-21-44)62-65-63(52-26-14-17-29-61(52)71-65)68-66(67-62)45-22-10-5-11-23-45/h3-40H,1-2H3. The first kappa shape index (κ1) is 40.7. The molecule has 5 heteroatoms. The van der Waals surface area contributed by atoms with Gasteiger partial charge in [0.1, 0.15) is 16.8 Å². The van der Waals surface area contributed by atoms with Crippen molar-refractivity contribution in [3.63, 3.8) is 0 Å². The van der Waals surface area contributed by atoms with Gasteiger partial charge in [0.25, 0.3) is 0 Å². The van der Waals surface area contributed by atoms with Crippen molar-refractivity contribution >= 4 is 65.7 Å². The fraction of sp³-hybridized carbons (Fsp3) is 0.0303. The highest BCUT2D eigenvalue weighted by Gasteiger charge is 2.26. The largest absolute Gasteiger partial charge is 0.452 e. The van der Waals surface area contributed by atoms with Crippen molar-refractivity contribution in [3.05, 3.63) is 242 Å². The summed E-state index contributed by atoms with van der Waals surface area (Å²) >= 11 is 0. The van der Waals surface area contributed by atoms with Gasteiger partial charge in [0.2, 0.25) is 0 Å². The molecule has 4 heterocycles. The number of nitrogens with zero attached hydrogens (tertiary/aromatic N) is 4. The van der Waals surface area contributed by atoms with Crippen molar-refractivity contribution < 1.29 is 4.42 Å². The zero-order valence-electron chi connectivity index (χ0n) is 39.1. The summed E-state index contributed by atoms with van der Waals surface area (Å²) in [7, 11) is 0. The van der Waals surface area contributed by atoms with Gasteiger partial charge in [0.05, 0.1) is 27.8 Å². The summed E-state index contributed by atoms with van der Waals surface area (Å²) in [4.78, 5) is 10.6. The summed E-state index contributed by atoms with van der Waals surface area (Å²) in [6.07, 6.45) is 0. The fourth-order valence-corrected chi connectivity index (χ4v) is 11.1. The van der Waals surface area contributed by atoms with Crippen molar-refractivity contribution in [2.24, 2.45) is 0 Å². The fourth-order valence-electron chi connectivity index (χ4n) is 11.1. The maximum Gasteiger partial charge on any atom is 0.180 e. The lowest BCUT2D eigenvalue weighted by atomic mass is 9.91. The number of hydrogen-bond donors (Lipinski definition) is 0. The van der Waals surface area contributed by atoms with Crippen molar-refractivity contribution in [2.45, 2.75) is 13.8 Å². The lowest BCUT2D eigenvalue weighted by molar-refractivity contribution is 0.667. The quantitative estimate of drug-likeness (QED) is 0.160. The van der Waals surface area contributed by atoms with E-state index < -0.39 is 0 Å². The van der Waals surface area contributed by atoms with E-state index in [-0.39, 0.29) is 0 Å². The zero-order chi connectivity index (χ0) is 47.2. The number of hydrogen-bond acceptors (Lipinski definition) is 3. The Balaban J connectivity index is 1.11. The van der Waals surface area contributed by atoms with Gasteiger partial charge in [-0.2, -0.15) is 0 Å². The molecule has 0 aliphatic rings. The normalized spacial score (nSPS) is 11.8. The average Bonchev–Trinajstić information content (AvgIpc) is 4.09. The van der Waals surface area contributed by atoms with Crippen LogP contribution in [0.5, 0.6) is 0 Å². The highest BCUT2D eigenvalue weighted by atomic mass is 16.3. The van der Waals surface area contributed by atoms with E-state index in [1.807, 2.05) is 36.4 Å². The molecule has 10 aromatic carbocycles. The van der Waals surface area contributed by atoms with Gasteiger partial charge in [0.15, 0.2) is 11.4 Å². The van der Waals surface area contributed by atoms with E-state index in [0.29, 0.717) is 11.4 Å². The number of rotatable bonds is 7. The zero-order valence-corrected chi connectivity index (χ0v) is 39.1. The lowest BCUT2D eigenvalue weighted by Gasteiger charge is -2.21. The van der Waals surface area contributed by atoms with Crippen molar-refractivity contribution in [2.75, 3.05) is 0 Å². The van der Waals surface area contributed by atoms with E-state index in [1.54, 1.807) is 0 Å². The Kier molecular flexibility index (Phi) is 9.26. The van der Waals surface area contributed by atoms with E-state index in [4.69, 9.17) is 14.4 Å². The molecule has 0 radical (unpaired) electrons. The monoisotopic (exact) mass is 908 g/mol. The Morgan fingerprint density at radius 3 is 1.56 bits per heavy atom. The second kappa shape index (κ2) is 16.2. The summed E-state index contributed by atoms with van der Waals surface area (Å²) in [6.45, 7) is 4.38. The van der Waals surface area contributed by atoms with Crippen LogP contribution in [0.15, 0.2) is 235 Å². The molecular weight excluding hydrogens is 865 g/mol. The van der Waals surface area contributed by atoms with Gasteiger partial charge in [-0.05, 0) is 108 Å². The topological polar surface area (TPSA) is 48.8 Å².